The second-order valence-electron chi connectivity index (χ2n) is 6.47. The summed E-state index contributed by atoms with van der Waals surface area (Å²) in [5.74, 6) is 0.294. The van der Waals surface area contributed by atoms with Crippen molar-refractivity contribution in [3.63, 3.8) is 0 Å². The zero-order chi connectivity index (χ0) is 15.9. The summed E-state index contributed by atoms with van der Waals surface area (Å²) < 4.78 is 0. The fourth-order valence-corrected chi connectivity index (χ4v) is 3.23. The van der Waals surface area contributed by atoms with Crippen molar-refractivity contribution in [3.8, 4) is 0 Å². The number of halogens is 1. The van der Waals surface area contributed by atoms with Gasteiger partial charge in [0.15, 0.2) is 0 Å². The first-order valence-corrected chi connectivity index (χ1v) is 8.35. The molecule has 1 aliphatic carbocycles. The van der Waals surface area contributed by atoms with E-state index in [1.165, 1.54) is 0 Å². The summed E-state index contributed by atoms with van der Waals surface area (Å²) >= 11 is 0. The maximum atomic E-state index is 12.2. The molecule has 130 valence electrons. The van der Waals surface area contributed by atoms with E-state index in [4.69, 9.17) is 0 Å². The van der Waals surface area contributed by atoms with Gasteiger partial charge in [-0.3, -0.25) is 4.79 Å². The minimum absolute atomic E-state index is 0. The molecule has 1 aromatic rings. The monoisotopic (exact) mass is 341 g/mol. The van der Waals surface area contributed by atoms with Crippen LogP contribution in [0.4, 0.5) is 0 Å². The van der Waals surface area contributed by atoms with Crippen LogP contribution in [0.3, 0.4) is 0 Å². The number of benzene rings is 1. The third-order valence-electron chi connectivity index (χ3n) is 4.67. The predicted octanol–water partition coefficient (Wildman–Crippen LogP) is -1.81. The lowest BCUT2D eigenvalue weighted by molar-refractivity contribution is -0.693. The number of aliphatic hydroxyl groups is 2. The Morgan fingerprint density at radius 1 is 1.30 bits per heavy atom. The van der Waals surface area contributed by atoms with Crippen molar-refractivity contribution in [1.82, 2.24) is 0 Å². The van der Waals surface area contributed by atoms with Crippen LogP contribution in [0.25, 0.3) is 0 Å². The molecule has 0 heterocycles. The van der Waals surface area contributed by atoms with Crippen LogP contribution < -0.4 is 17.7 Å². The number of carbonyl (C=O) groups excluding carboxylic acids is 1. The van der Waals surface area contributed by atoms with Crippen molar-refractivity contribution in [2.75, 3.05) is 6.54 Å². The number of hydrogen-bond acceptors (Lipinski definition) is 3. The standard InChI is InChI=1S/C18H27NO3.ClH/c1-13(18(22)14-6-3-2-4-7-14)19-11-10-17(21)15-8-5-9-16(20)12-15;/h2-4,6-7,13,15-16,18-20,22H,5,8-12H2,1H3;1H. The second-order valence-corrected chi connectivity index (χ2v) is 6.47. The van der Waals surface area contributed by atoms with Gasteiger partial charge in [0.25, 0.3) is 0 Å². The molecule has 5 heteroatoms. The van der Waals surface area contributed by atoms with Gasteiger partial charge in [0.05, 0.1) is 19.1 Å². The van der Waals surface area contributed by atoms with Crippen molar-refractivity contribution < 1.29 is 32.7 Å². The molecule has 0 bridgehead atoms. The van der Waals surface area contributed by atoms with Gasteiger partial charge in [-0.05, 0) is 31.7 Å². The fourth-order valence-electron chi connectivity index (χ4n) is 3.23. The molecule has 0 aromatic heterocycles. The molecule has 0 spiro atoms. The molecule has 1 aromatic carbocycles. The molecule has 1 aliphatic rings. The fraction of sp³-hybridized carbons (Fsp3) is 0.611. The first-order chi connectivity index (χ1) is 10.6. The number of ketones is 1. The number of quaternary nitrogens is 1. The van der Waals surface area contributed by atoms with E-state index in [2.05, 4.69) is 0 Å². The third kappa shape index (κ3) is 6.22. The normalized spacial score (nSPS) is 23.6. The van der Waals surface area contributed by atoms with Gasteiger partial charge in [-0.25, -0.2) is 0 Å². The Kier molecular flexibility index (Phi) is 8.77. The first kappa shape index (κ1) is 20.1. The average molecular weight is 342 g/mol. The Morgan fingerprint density at radius 3 is 2.65 bits per heavy atom. The zero-order valence-electron chi connectivity index (χ0n) is 13.7. The summed E-state index contributed by atoms with van der Waals surface area (Å²) in [6, 6.07) is 9.63. The van der Waals surface area contributed by atoms with Gasteiger partial charge in [0.1, 0.15) is 17.9 Å². The van der Waals surface area contributed by atoms with Gasteiger partial charge in [-0.15, -0.1) is 0 Å². The molecule has 4 unspecified atom stereocenters. The molecule has 4 N–H and O–H groups in total. The lowest BCUT2D eigenvalue weighted by atomic mass is 9.83. The first-order valence-electron chi connectivity index (χ1n) is 8.35. The highest BCUT2D eigenvalue weighted by atomic mass is 35.5. The highest BCUT2D eigenvalue weighted by Gasteiger charge is 2.26. The van der Waals surface area contributed by atoms with Crippen LogP contribution in [-0.4, -0.2) is 34.7 Å². The molecule has 4 atom stereocenters. The van der Waals surface area contributed by atoms with Gasteiger partial charge in [0, 0.05) is 5.92 Å². The van der Waals surface area contributed by atoms with Crippen LogP contribution in [0.15, 0.2) is 30.3 Å². The van der Waals surface area contributed by atoms with Crippen LogP contribution in [0, 0.1) is 5.92 Å². The van der Waals surface area contributed by atoms with Crippen molar-refractivity contribution in [2.45, 2.75) is 57.3 Å². The van der Waals surface area contributed by atoms with E-state index in [-0.39, 0.29) is 36.3 Å². The quantitative estimate of drug-likeness (QED) is 0.547. The van der Waals surface area contributed by atoms with Crippen molar-refractivity contribution in [3.05, 3.63) is 35.9 Å². The summed E-state index contributed by atoms with van der Waals surface area (Å²) in [4.78, 5) is 12.2. The van der Waals surface area contributed by atoms with Crippen LogP contribution in [0.2, 0.25) is 0 Å². The van der Waals surface area contributed by atoms with Crippen LogP contribution >= 0.6 is 0 Å². The van der Waals surface area contributed by atoms with Crippen molar-refractivity contribution in [1.29, 1.82) is 0 Å². The van der Waals surface area contributed by atoms with Crippen LogP contribution in [0.5, 0.6) is 0 Å². The minimum atomic E-state index is -0.521. The van der Waals surface area contributed by atoms with Gasteiger partial charge >= 0.3 is 0 Å². The molecule has 4 nitrogen and oxygen atoms in total. The highest BCUT2D eigenvalue weighted by Crippen LogP contribution is 2.25. The molecule has 0 radical (unpaired) electrons. The lowest BCUT2D eigenvalue weighted by Gasteiger charge is -2.24. The Hall–Kier alpha value is -0.940. The zero-order valence-corrected chi connectivity index (χ0v) is 14.5. The Morgan fingerprint density at radius 2 is 2.00 bits per heavy atom. The Bertz CT molecular complexity index is 469. The summed E-state index contributed by atoms with van der Waals surface area (Å²) in [7, 11) is 0. The van der Waals surface area contributed by atoms with Crippen molar-refractivity contribution in [2.24, 2.45) is 5.92 Å². The molecule has 23 heavy (non-hydrogen) atoms. The number of nitrogens with two attached hydrogens (primary N) is 1. The maximum Gasteiger partial charge on any atom is 0.141 e. The lowest BCUT2D eigenvalue weighted by Crippen LogP contribution is -3.00. The van der Waals surface area contributed by atoms with Gasteiger partial charge < -0.3 is 27.9 Å². The second kappa shape index (κ2) is 10.0. The van der Waals surface area contributed by atoms with Gasteiger partial charge in [-0.2, -0.15) is 0 Å². The minimum Gasteiger partial charge on any atom is -1.00 e. The summed E-state index contributed by atoms with van der Waals surface area (Å²) in [5.41, 5.74) is 0.910. The SMILES string of the molecule is CC([NH2+]CCC(=O)C1CCCC(O)C1)C(O)c1ccccc1.[Cl-]. The number of Topliss-reactive ketones (excluding diaryl/α,β-unsaturated/α-hetero) is 1. The average Bonchev–Trinajstić information content (AvgIpc) is 2.54. The van der Waals surface area contributed by atoms with E-state index < -0.39 is 6.10 Å². The van der Waals surface area contributed by atoms with E-state index in [0.29, 0.717) is 19.4 Å². The van der Waals surface area contributed by atoms with E-state index in [1.807, 2.05) is 42.6 Å². The van der Waals surface area contributed by atoms with E-state index in [1.54, 1.807) is 0 Å². The molecular formula is C18H28ClNO3. The smallest absolute Gasteiger partial charge is 0.141 e. The van der Waals surface area contributed by atoms with Crippen molar-refractivity contribution >= 4 is 5.78 Å². The number of aliphatic hydroxyl groups excluding tert-OH is 2. The summed E-state index contributed by atoms with van der Waals surface area (Å²) in [6.07, 6.45) is 3.02. The Labute approximate surface area is 144 Å². The Balaban J connectivity index is 0.00000264. The highest BCUT2D eigenvalue weighted by molar-refractivity contribution is 5.81. The molecular weight excluding hydrogens is 314 g/mol. The molecule has 0 aliphatic heterocycles. The topological polar surface area (TPSA) is 74.1 Å². The number of rotatable bonds is 7. The van der Waals surface area contributed by atoms with Gasteiger partial charge in [-0.1, -0.05) is 36.8 Å². The number of carbonyl (C=O) groups is 1. The van der Waals surface area contributed by atoms with Crippen LogP contribution in [-0.2, 0) is 4.79 Å². The van der Waals surface area contributed by atoms with E-state index >= 15 is 0 Å². The van der Waals surface area contributed by atoms with E-state index in [0.717, 1.165) is 24.8 Å². The molecule has 2 rings (SSSR count). The largest absolute Gasteiger partial charge is 1.00 e. The molecule has 0 amide bonds. The molecule has 0 saturated heterocycles. The summed E-state index contributed by atoms with van der Waals surface area (Å²) in [6.45, 7) is 2.67. The van der Waals surface area contributed by atoms with E-state index in [9.17, 15) is 15.0 Å². The predicted molar refractivity (Wildman–Crippen MR) is 85.2 cm³/mol. The summed E-state index contributed by atoms with van der Waals surface area (Å²) in [5, 5.41) is 22.0. The molecule has 1 saturated carbocycles. The number of hydrogen-bond donors (Lipinski definition) is 3. The van der Waals surface area contributed by atoms with Gasteiger partial charge in [0.2, 0.25) is 0 Å². The molecule has 1 fully saturated rings. The van der Waals surface area contributed by atoms with Crippen LogP contribution in [0.1, 0.15) is 50.7 Å². The maximum absolute atomic E-state index is 12.2. The third-order valence-corrected chi connectivity index (χ3v) is 4.67.